The highest BCUT2D eigenvalue weighted by atomic mass is 19.1. The summed E-state index contributed by atoms with van der Waals surface area (Å²) >= 11 is 0. The molecule has 0 unspecified atom stereocenters. The lowest BCUT2D eigenvalue weighted by atomic mass is 10.0. The Bertz CT molecular complexity index is 651. The zero-order valence-electron chi connectivity index (χ0n) is 12.3. The van der Waals surface area contributed by atoms with Crippen LogP contribution in [0.25, 0.3) is 11.1 Å². The zero-order chi connectivity index (χ0) is 15.6. The van der Waals surface area contributed by atoms with E-state index in [1.807, 2.05) is 13.8 Å². The Hall–Kier alpha value is -1.81. The first-order valence-corrected chi connectivity index (χ1v) is 6.86. The average molecular weight is 293 g/mol. The summed E-state index contributed by atoms with van der Waals surface area (Å²) in [6.07, 6.45) is 0. The number of nitrogens with one attached hydrogen (secondary N) is 1. The van der Waals surface area contributed by atoms with Crippen LogP contribution in [0, 0.1) is 24.4 Å². The molecular weight excluding hydrogens is 275 g/mol. The van der Waals surface area contributed by atoms with E-state index in [-0.39, 0.29) is 11.6 Å². The van der Waals surface area contributed by atoms with E-state index < -0.39 is 17.5 Å². The van der Waals surface area contributed by atoms with Crippen molar-refractivity contribution >= 4 is 0 Å². The fourth-order valence-corrected chi connectivity index (χ4v) is 2.05. The summed E-state index contributed by atoms with van der Waals surface area (Å²) < 4.78 is 41.2. The Morgan fingerprint density at radius 2 is 1.67 bits per heavy atom. The molecule has 0 amide bonds. The Morgan fingerprint density at radius 3 is 2.29 bits per heavy atom. The molecule has 1 nitrogen and oxygen atoms in total. The lowest BCUT2D eigenvalue weighted by Gasteiger charge is -2.11. The highest BCUT2D eigenvalue weighted by Crippen LogP contribution is 2.27. The van der Waals surface area contributed by atoms with Crippen LogP contribution in [-0.2, 0) is 6.54 Å². The van der Waals surface area contributed by atoms with Gasteiger partial charge in [0, 0.05) is 29.8 Å². The van der Waals surface area contributed by atoms with E-state index >= 15 is 0 Å². The third-order valence-corrected chi connectivity index (χ3v) is 3.31. The number of benzene rings is 2. The number of aryl methyl sites for hydroxylation is 1. The molecule has 0 atom stereocenters. The fourth-order valence-electron chi connectivity index (χ4n) is 2.05. The van der Waals surface area contributed by atoms with Crippen molar-refractivity contribution in [2.24, 2.45) is 0 Å². The molecule has 0 aromatic heterocycles. The topological polar surface area (TPSA) is 12.0 Å². The summed E-state index contributed by atoms with van der Waals surface area (Å²) in [5, 5.41) is 3.13. The molecule has 0 aliphatic heterocycles. The monoisotopic (exact) mass is 293 g/mol. The van der Waals surface area contributed by atoms with Crippen molar-refractivity contribution in [3.63, 3.8) is 0 Å². The van der Waals surface area contributed by atoms with Crippen LogP contribution < -0.4 is 5.32 Å². The minimum absolute atomic E-state index is 0.205. The highest BCUT2D eigenvalue weighted by molar-refractivity contribution is 5.65. The van der Waals surface area contributed by atoms with Gasteiger partial charge in [-0.05, 0) is 30.2 Å². The van der Waals surface area contributed by atoms with Crippen LogP contribution in [0.3, 0.4) is 0 Å². The van der Waals surface area contributed by atoms with Gasteiger partial charge < -0.3 is 5.32 Å². The number of hydrogen-bond donors (Lipinski definition) is 1. The minimum Gasteiger partial charge on any atom is -0.310 e. The number of halogens is 3. The molecule has 0 saturated carbocycles. The molecule has 0 fully saturated rings. The van der Waals surface area contributed by atoms with Gasteiger partial charge in [-0.3, -0.25) is 0 Å². The van der Waals surface area contributed by atoms with Gasteiger partial charge in [0.2, 0.25) is 0 Å². The van der Waals surface area contributed by atoms with E-state index in [4.69, 9.17) is 0 Å². The zero-order valence-corrected chi connectivity index (χ0v) is 12.3. The van der Waals surface area contributed by atoms with Crippen LogP contribution in [0.5, 0.6) is 0 Å². The van der Waals surface area contributed by atoms with Gasteiger partial charge in [0.15, 0.2) is 0 Å². The highest BCUT2D eigenvalue weighted by Gasteiger charge is 2.11. The first-order chi connectivity index (χ1) is 9.88. The van der Waals surface area contributed by atoms with Crippen molar-refractivity contribution < 1.29 is 13.2 Å². The number of hydrogen-bond acceptors (Lipinski definition) is 1. The van der Waals surface area contributed by atoms with Crippen molar-refractivity contribution in [3.8, 4) is 11.1 Å². The van der Waals surface area contributed by atoms with Crippen LogP contribution >= 0.6 is 0 Å². The standard InChI is InChI=1S/C17H18F3N/c1-10(2)21-9-13-5-4-12(7-16(13)19)14-6-11(3)15(18)8-17(14)20/h4-8,10,21H,9H2,1-3H3. The van der Waals surface area contributed by atoms with E-state index in [2.05, 4.69) is 5.32 Å². The Labute approximate surface area is 122 Å². The Kier molecular flexibility index (Phi) is 4.68. The Balaban J connectivity index is 2.34. The summed E-state index contributed by atoms with van der Waals surface area (Å²) in [6, 6.07) is 7.03. The van der Waals surface area contributed by atoms with Gasteiger partial charge in [0.25, 0.3) is 0 Å². The molecule has 0 heterocycles. The first-order valence-electron chi connectivity index (χ1n) is 6.86. The van der Waals surface area contributed by atoms with Gasteiger partial charge in [-0.15, -0.1) is 0 Å². The third kappa shape index (κ3) is 3.64. The third-order valence-electron chi connectivity index (χ3n) is 3.31. The molecule has 0 aliphatic carbocycles. The lowest BCUT2D eigenvalue weighted by Crippen LogP contribution is -2.22. The minimum atomic E-state index is -0.689. The Morgan fingerprint density at radius 1 is 0.952 bits per heavy atom. The fraction of sp³-hybridized carbons (Fsp3) is 0.294. The molecule has 2 aromatic rings. The van der Waals surface area contributed by atoms with Gasteiger partial charge >= 0.3 is 0 Å². The van der Waals surface area contributed by atoms with Gasteiger partial charge in [-0.1, -0.05) is 26.0 Å². The van der Waals surface area contributed by atoms with E-state index in [1.165, 1.54) is 12.1 Å². The molecular formula is C17H18F3N. The van der Waals surface area contributed by atoms with Crippen molar-refractivity contribution in [1.29, 1.82) is 0 Å². The molecule has 0 radical (unpaired) electrons. The summed E-state index contributed by atoms with van der Waals surface area (Å²) in [7, 11) is 0. The summed E-state index contributed by atoms with van der Waals surface area (Å²) in [4.78, 5) is 0. The number of rotatable bonds is 4. The molecule has 2 rings (SSSR count). The predicted octanol–water partition coefficient (Wildman–Crippen LogP) is 4.58. The molecule has 0 spiro atoms. The molecule has 0 bridgehead atoms. The van der Waals surface area contributed by atoms with Crippen LogP contribution in [0.4, 0.5) is 13.2 Å². The predicted molar refractivity (Wildman–Crippen MR) is 78.5 cm³/mol. The second-order valence-electron chi connectivity index (χ2n) is 5.42. The molecule has 112 valence electrons. The second-order valence-corrected chi connectivity index (χ2v) is 5.42. The van der Waals surface area contributed by atoms with Crippen LogP contribution in [0.1, 0.15) is 25.0 Å². The van der Waals surface area contributed by atoms with E-state index in [0.29, 0.717) is 23.2 Å². The molecule has 21 heavy (non-hydrogen) atoms. The maximum atomic E-state index is 14.1. The first kappa shape index (κ1) is 15.6. The maximum absolute atomic E-state index is 14.1. The van der Waals surface area contributed by atoms with Crippen molar-refractivity contribution in [2.75, 3.05) is 0 Å². The lowest BCUT2D eigenvalue weighted by molar-refractivity contribution is 0.553. The summed E-state index contributed by atoms with van der Waals surface area (Å²) in [6.45, 7) is 5.91. The van der Waals surface area contributed by atoms with Crippen molar-refractivity contribution in [1.82, 2.24) is 5.32 Å². The second kappa shape index (κ2) is 6.31. The van der Waals surface area contributed by atoms with E-state index in [9.17, 15) is 13.2 Å². The molecule has 2 aromatic carbocycles. The molecule has 0 saturated heterocycles. The average Bonchev–Trinajstić information content (AvgIpc) is 2.41. The van der Waals surface area contributed by atoms with Crippen molar-refractivity contribution in [2.45, 2.75) is 33.4 Å². The van der Waals surface area contributed by atoms with Gasteiger partial charge in [0.1, 0.15) is 17.5 Å². The molecule has 4 heteroatoms. The van der Waals surface area contributed by atoms with Gasteiger partial charge in [0.05, 0.1) is 0 Å². The van der Waals surface area contributed by atoms with Crippen LogP contribution in [0.2, 0.25) is 0 Å². The summed E-state index contributed by atoms with van der Waals surface area (Å²) in [5.74, 6) is -1.69. The van der Waals surface area contributed by atoms with Gasteiger partial charge in [-0.25, -0.2) is 13.2 Å². The van der Waals surface area contributed by atoms with Crippen LogP contribution in [-0.4, -0.2) is 6.04 Å². The van der Waals surface area contributed by atoms with Crippen LogP contribution in [0.15, 0.2) is 30.3 Å². The maximum Gasteiger partial charge on any atom is 0.133 e. The molecule has 0 aliphatic rings. The van der Waals surface area contributed by atoms with E-state index in [0.717, 1.165) is 6.07 Å². The molecule has 1 N–H and O–H groups in total. The van der Waals surface area contributed by atoms with Crippen molar-refractivity contribution in [3.05, 3.63) is 58.9 Å². The summed E-state index contributed by atoms with van der Waals surface area (Å²) in [5.41, 5.74) is 1.46. The smallest absolute Gasteiger partial charge is 0.133 e. The quantitative estimate of drug-likeness (QED) is 0.870. The largest absolute Gasteiger partial charge is 0.310 e. The van der Waals surface area contributed by atoms with Gasteiger partial charge in [-0.2, -0.15) is 0 Å². The SMILES string of the molecule is Cc1cc(-c2ccc(CNC(C)C)c(F)c2)c(F)cc1F. The van der Waals surface area contributed by atoms with E-state index in [1.54, 1.807) is 19.1 Å². The normalized spacial score (nSPS) is 11.2.